The van der Waals surface area contributed by atoms with Crippen LogP contribution in [0.25, 0.3) is 11.0 Å². The molecule has 4 heteroatoms. The number of ether oxygens (including phenoxy) is 1. The summed E-state index contributed by atoms with van der Waals surface area (Å²) in [5.41, 5.74) is 0.754. The number of benzene rings is 1. The highest BCUT2D eigenvalue weighted by Gasteiger charge is 2.12. The lowest BCUT2D eigenvalue weighted by Gasteiger charge is -2.00. The first-order chi connectivity index (χ1) is 7.11. The van der Waals surface area contributed by atoms with Gasteiger partial charge in [0.2, 0.25) is 0 Å². The number of hydrogen-bond acceptors (Lipinski definition) is 4. The zero-order chi connectivity index (χ0) is 11.0. The van der Waals surface area contributed by atoms with Gasteiger partial charge < -0.3 is 14.3 Å². The Bertz CT molecular complexity index is 525. The number of furan rings is 1. The average molecular weight is 206 g/mol. The molecule has 1 aromatic heterocycles. The number of methoxy groups -OCH3 is 1. The van der Waals surface area contributed by atoms with Crippen molar-refractivity contribution in [1.82, 2.24) is 0 Å². The third-order valence-corrected chi connectivity index (χ3v) is 2.16. The maximum Gasteiger partial charge on any atom is 0.338 e. The quantitative estimate of drug-likeness (QED) is 0.727. The van der Waals surface area contributed by atoms with Crippen molar-refractivity contribution in [3.8, 4) is 5.75 Å². The highest BCUT2D eigenvalue weighted by molar-refractivity contribution is 5.96. The molecule has 0 saturated carbocycles. The number of phenolic OH excluding ortho intramolecular Hbond substituents is 1. The smallest absolute Gasteiger partial charge is 0.338 e. The Labute approximate surface area is 86.1 Å². The summed E-state index contributed by atoms with van der Waals surface area (Å²) in [6, 6.07) is 4.63. The van der Waals surface area contributed by atoms with Crippen LogP contribution in [0, 0.1) is 6.92 Å². The van der Waals surface area contributed by atoms with Crippen LogP contribution in [0.2, 0.25) is 0 Å². The van der Waals surface area contributed by atoms with Gasteiger partial charge in [-0.3, -0.25) is 0 Å². The van der Waals surface area contributed by atoms with Crippen LogP contribution < -0.4 is 0 Å². The fraction of sp³-hybridized carbons (Fsp3) is 0.182. The summed E-state index contributed by atoms with van der Waals surface area (Å²) in [5.74, 6) is 0.202. The third kappa shape index (κ3) is 1.54. The highest BCUT2D eigenvalue weighted by atomic mass is 16.5. The molecular weight excluding hydrogens is 196 g/mol. The van der Waals surface area contributed by atoms with Crippen molar-refractivity contribution >= 4 is 16.9 Å². The average Bonchev–Trinajstić information content (AvgIpc) is 2.58. The number of esters is 1. The fourth-order valence-corrected chi connectivity index (χ4v) is 1.48. The molecule has 0 aliphatic rings. The molecule has 78 valence electrons. The van der Waals surface area contributed by atoms with Crippen LogP contribution >= 0.6 is 0 Å². The van der Waals surface area contributed by atoms with E-state index in [0.717, 1.165) is 0 Å². The van der Waals surface area contributed by atoms with E-state index < -0.39 is 5.97 Å². The van der Waals surface area contributed by atoms with Crippen molar-refractivity contribution in [2.45, 2.75) is 6.92 Å². The number of rotatable bonds is 1. The molecule has 0 fully saturated rings. The topological polar surface area (TPSA) is 59.7 Å². The van der Waals surface area contributed by atoms with Crippen molar-refractivity contribution in [2.24, 2.45) is 0 Å². The minimum Gasteiger partial charge on any atom is -0.507 e. The highest BCUT2D eigenvalue weighted by Crippen LogP contribution is 2.29. The van der Waals surface area contributed by atoms with Gasteiger partial charge in [-0.1, -0.05) is 0 Å². The van der Waals surface area contributed by atoms with E-state index in [1.165, 1.54) is 13.2 Å². The van der Waals surface area contributed by atoms with Crippen LogP contribution in [0.3, 0.4) is 0 Å². The minimum atomic E-state index is -0.499. The second-order valence-electron chi connectivity index (χ2n) is 3.26. The molecule has 1 heterocycles. The summed E-state index contributed by atoms with van der Waals surface area (Å²) >= 11 is 0. The molecule has 0 amide bonds. The van der Waals surface area contributed by atoms with E-state index in [1.54, 1.807) is 19.1 Å². The van der Waals surface area contributed by atoms with Gasteiger partial charge in [0.1, 0.15) is 17.1 Å². The first-order valence-electron chi connectivity index (χ1n) is 4.43. The molecule has 2 aromatic rings. The van der Waals surface area contributed by atoms with Crippen molar-refractivity contribution < 1.29 is 19.1 Å². The predicted octanol–water partition coefficient (Wildman–Crippen LogP) is 2.23. The minimum absolute atomic E-state index is 0.0183. The SMILES string of the molecule is COC(=O)c1cc(O)c2cc(C)oc2c1. The number of aryl methyl sites for hydroxylation is 1. The maximum absolute atomic E-state index is 11.2. The van der Waals surface area contributed by atoms with Crippen LogP contribution in [0.4, 0.5) is 0 Å². The molecule has 0 spiro atoms. The number of carbonyl (C=O) groups excluding carboxylic acids is 1. The van der Waals surface area contributed by atoms with Crippen molar-refractivity contribution in [1.29, 1.82) is 0 Å². The van der Waals surface area contributed by atoms with Gasteiger partial charge in [-0.15, -0.1) is 0 Å². The molecule has 1 N–H and O–H groups in total. The lowest BCUT2D eigenvalue weighted by atomic mass is 10.1. The molecule has 0 unspecified atom stereocenters. The molecule has 0 atom stereocenters. The molecule has 4 nitrogen and oxygen atoms in total. The molecule has 0 aliphatic carbocycles. The van der Waals surface area contributed by atoms with Crippen molar-refractivity contribution in [3.05, 3.63) is 29.5 Å². The van der Waals surface area contributed by atoms with E-state index in [-0.39, 0.29) is 11.3 Å². The summed E-state index contributed by atoms with van der Waals surface area (Å²) < 4.78 is 9.87. The number of hydrogen-bond donors (Lipinski definition) is 1. The van der Waals surface area contributed by atoms with E-state index in [9.17, 15) is 9.90 Å². The second kappa shape index (κ2) is 3.31. The van der Waals surface area contributed by atoms with E-state index in [1.807, 2.05) is 0 Å². The van der Waals surface area contributed by atoms with E-state index in [2.05, 4.69) is 4.74 Å². The van der Waals surface area contributed by atoms with E-state index >= 15 is 0 Å². The number of aromatic hydroxyl groups is 1. The van der Waals surface area contributed by atoms with Crippen molar-refractivity contribution in [3.63, 3.8) is 0 Å². The third-order valence-electron chi connectivity index (χ3n) is 2.16. The monoisotopic (exact) mass is 206 g/mol. The van der Waals surface area contributed by atoms with Gasteiger partial charge in [0, 0.05) is 0 Å². The summed E-state index contributed by atoms with van der Waals surface area (Å²) in [7, 11) is 1.29. The second-order valence-corrected chi connectivity index (χ2v) is 3.26. The fourth-order valence-electron chi connectivity index (χ4n) is 1.48. The maximum atomic E-state index is 11.2. The first kappa shape index (κ1) is 9.58. The summed E-state index contributed by atoms with van der Waals surface area (Å²) in [6.45, 7) is 1.78. The molecule has 2 rings (SSSR count). The largest absolute Gasteiger partial charge is 0.507 e. The predicted molar refractivity (Wildman–Crippen MR) is 54.0 cm³/mol. The van der Waals surface area contributed by atoms with E-state index in [4.69, 9.17) is 4.42 Å². The normalized spacial score (nSPS) is 10.5. The molecule has 15 heavy (non-hydrogen) atoms. The van der Waals surface area contributed by atoms with Gasteiger partial charge in [-0.05, 0) is 25.1 Å². The molecule has 0 aliphatic heterocycles. The molecule has 0 bridgehead atoms. The standard InChI is InChI=1S/C11H10O4/c1-6-3-8-9(12)4-7(11(13)14-2)5-10(8)15-6/h3-5,12H,1-2H3. The van der Waals surface area contributed by atoms with Crippen molar-refractivity contribution in [2.75, 3.05) is 7.11 Å². The number of phenols is 1. The van der Waals surface area contributed by atoms with Gasteiger partial charge in [0.15, 0.2) is 0 Å². The Hall–Kier alpha value is -1.97. The molecular formula is C11H10O4. The Balaban J connectivity index is 2.66. The van der Waals surface area contributed by atoms with Crippen LogP contribution in [0.5, 0.6) is 5.75 Å². The Morgan fingerprint density at radius 1 is 1.40 bits per heavy atom. The van der Waals surface area contributed by atoms with E-state index in [0.29, 0.717) is 16.7 Å². The van der Waals surface area contributed by atoms with Crippen LogP contribution in [0.15, 0.2) is 22.6 Å². The van der Waals surface area contributed by atoms with Crippen LogP contribution in [-0.4, -0.2) is 18.2 Å². The van der Waals surface area contributed by atoms with Gasteiger partial charge in [-0.25, -0.2) is 4.79 Å². The van der Waals surface area contributed by atoms with Gasteiger partial charge in [-0.2, -0.15) is 0 Å². The molecule has 0 saturated heterocycles. The lowest BCUT2D eigenvalue weighted by Crippen LogP contribution is -2.00. The van der Waals surface area contributed by atoms with Gasteiger partial charge in [0.25, 0.3) is 0 Å². The Morgan fingerprint density at radius 2 is 2.13 bits per heavy atom. The van der Waals surface area contributed by atoms with Gasteiger partial charge in [0.05, 0.1) is 18.1 Å². The van der Waals surface area contributed by atoms with Crippen LogP contribution in [0.1, 0.15) is 16.1 Å². The number of fused-ring (bicyclic) bond motifs is 1. The molecule has 1 aromatic carbocycles. The summed E-state index contributed by atoms with van der Waals surface area (Å²) in [6.07, 6.45) is 0. The molecule has 0 radical (unpaired) electrons. The van der Waals surface area contributed by atoms with Crippen LogP contribution in [-0.2, 0) is 4.74 Å². The summed E-state index contributed by atoms with van der Waals surface area (Å²) in [4.78, 5) is 11.2. The summed E-state index contributed by atoms with van der Waals surface area (Å²) in [5, 5.41) is 10.2. The Kier molecular flexibility index (Phi) is 2.11. The van der Waals surface area contributed by atoms with Gasteiger partial charge >= 0.3 is 5.97 Å². The number of carbonyl (C=O) groups is 1. The zero-order valence-corrected chi connectivity index (χ0v) is 8.40. The lowest BCUT2D eigenvalue weighted by molar-refractivity contribution is 0.0600. The Morgan fingerprint density at radius 3 is 2.80 bits per heavy atom. The first-order valence-corrected chi connectivity index (χ1v) is 4.43. The zero-order valence-electron chi connectivity index (χ0n) is 8.40.